The molecular weight excluding hydrogens is 280 g/mol. The summed E-state index contributed by atoms with van der Waals surface area (Å²) in [5.41, 5.74) is 6.95. The highest BCUT2D eigenvalue weighted by molar-refractivity contribution is 9.10. The number of halogens is 1. The third-order valence-electron chi connectivity index (χ3n) is 3.31. The molecule has 0 radical (unpaired) electrons. The van der Waals surface area contributed by atoms with Gasteiger partial charge < -0.3 is 11.1 Å². The molecule has 0 bridgehead atoms. The van der Waals surface area contributed by atoms with E-state index in [4.69, 9.17) is 5.73 Å². The van der Waals surface area contributed by atoms with Crippen LogP contribution in [0, 0.1) is 0 Å². The van der Waals surface area contributed by atoms with Gasteiger partial charge in [0.15, 0.2) is 0 Å². The van der Waals surface area contributed by atoms with Crippen molar-refractivity contribution in [1.29, 1.82) is 0 Å². The van der Waals surface area contributed by atoms with E-state index in [2.05, 4.69) is 33.4 Å². The SMILES string of the molecule is C[C@@H](N)C(=O)NCC1(c2cccc(Br)c2)CC1. The molecule has 1 amide bonds. The Labute approximate surface area is 110 Å². The standard InChI is InChI=1S/C13H17BrN2O/c1-9(15)12(17)16-8-13(5-6-13)10-3-2-4-11(14)7-10/h2-4,7,9H,5-6,8,15H2,1H3,(H,16,17)/t9-/m1/s1. The van der Waals surface area contributed by atoms with E-state index in [1.54, 1.807) is 6.92 Å². The van der Waals surface area contributed by atoms with Gasteiger partial charge in [0.1, 0.15) is 0 Å². The number of nitrogens with one attached hydrogen (secondary N) is 1. The molecule has 0 aromatic heterocycles. The van der Waals surface area contributed by atoms with Crippen molar-refractivity contribution in [2.24, 2.45) is 5.73 Å². The fraction of sp³-hybridized carbons (Fsp3) is 0.462. The molecule has 1 aliphatic carbocycles. The Morgan fingerprint density at radius 2 is 2.29 bits per heavy atom. The normalized spacial score (nSPS) is 18.5. The van der Waals surface area contributed by atoms with Gasteiger partial charge in [-0.3, -0.25) is 4.79 Å². The minimum Gasteiger partial charge on any atom is -0.354 e. The maximum Gasteiger partial charge on any atom is 0.236 e. The molecule has 1 aromatic rings. The molecule has 0 spiro atoms. The largest absolute Gasteiger partial charge is 0.354 e. The average Bonchev–Trinajstić information content (AvgIpc) is 3.07. The molecular formula is C13H17BrN2O. The Bertz CT molecular complexity index is 427. The molecule has 2 rings (SSSR count). The van der Waals surface area contributed by atoms with Gasteiger partial charge in [0, 0.05) is 16.4 Å². The third-order valence-corrected chi connectivity index (χ3v) is 3.80. The zero-order valence-electron chi connectivity index (χ0n) is 9.87. The van der Waals surface area contributed by atoms with Gasteiger partial charge in [0.25, 0.3) is 0 Å². The van der Waals surface area contributed by atoms with Crippen molar-refractivity contribution in [2.45, 2.75) is 31.2 Å². The Kier molecular flexibility index (Phi) is 3.54. The molecule has 1 atom stereocenters. The molecule has 0 saturated heterocycles. The summed E-state index contributed by atoms with van der Waals surface area (Å²) < 4.78 is 1.08. The van der Waals surface area contributed by atoms with Gasteiger partial charge in [-0.05, 0) is 37.5 Å². The highest BCUT2D eigenvalue weighted by Crippen LogP contribution is 2.48. The molecule has 17 heavy (non-hydrogen) atoms. The monoisotopic (exact) mass is 296 g/mol. The fourth-order valence-corrected chi connectivity index (χ4v) is 2.35. The highest BCUT2D eigenvalue weighted by Gasteiger charge is 2.44. The number of benzene rings is 1. The quantitative estimate of drug-likeness (QED) is 0.892. The topological polar surface area (TPSA) is 55.1 Å². The van der Waals surface area contributed by atoms with Crippen LogP contribution in [0.2, 0.25) is 0 Å². The highest BCUT2D eigenvalue weighted by atomic mass is 79.9. The molecule has 4 heteroatoms. The van der Waals surface area contributed by atoms with Gasteiger partial charge in [-0.2, -0.15) is 0 Å². The molecule has 1 saturated carbocycles. The zero-order valence-corrected chi connectivity index (χ0v) is 11.5. The second-order valence-corrected chi connectivity index (χ2v) is 5.71. The Morgan fingerprint density at radius 1 is 1.59 bits per heavy atom. The minimum atomic E-state index is -0.437. The fourth-order valence-electron chi connectivity index (χ4n) is 1.95. The van der Waals surface area contributed by atoms with Crippen LogP contribution in [0.15, 0.2) is 28.7 Å². The lowest BCUT2D eigenvalue weighted by Crippen LogP contribution is -2.41. The van der Waals surface area contributed by atoms with E-state index in [1.807, 2.05) is 12.1 Å². The first-order valence-electron chi connectivity index (χ1n) is 5.83. The first kappa shape index (κ1) is 12.6. The van der Waals surface area contributed by atoms with Crippen LogP contribution >= 0.6 is 15.9 Å². The molecule has 92 valence electrons. The van der Waals surface area contributed by atoms with E-state index >= 15 is 0 Å². The van der Waals surface area contributed by atoms with E-state index in [9.17, 15) is 4.79 Å². The molecule has 0 aliphatic heterocycles. The molecule has 1 aliphatic rings. The van der Waals surface area contributed by atoms with Crippen LogP contribution in [-0.2, 0) is 10.2 Å². The van der Waals surface area contributed by atoms with Gasteiger partial charge in [0.2, 0.25) is 5.91 Å². The van der Waals surface area contributed by atoms with Crippen molar-refractivity contribution in [3.63, 3.8) is 0 Å². The summed E-state index contributed by atoms with van der Waals surface area (Å²) in [6, 6.07) is 7.86. The Hall–Kier alpha value is -0.870. The first-order valence-corrected chi connectivity index (χ1v) is 6.62. The van der Waals surface area contributed by atoms with Crippen LogP contribution in [0.5, 0.6) is 0 Å². The molecule has 0 heterocycles. The van der Waals surface area contributed by atoms with Crippen molar-refractivity contribution in [3.8, 4) is 0 Å². The predicted molar refractivity (Wildman–Crippen MR) is 71.7 cm³/mol. The number of amides is 1. The summed E-state index contributed by atoms with van der Waals surface area (Å²) in [5.74, 6) is -0.0775. The molecule has 1 fully saturated rings. The lowest BCUT2D eigenvalue weighted by molar-refractivity contribution is -0.122. The van der Waals surface area contributed by atoms with Gasteiger partial charge in [-0.15, -0.1) is 0 Å². The van der Waals surface area contributed by atoms with Crippen LogP contribution in [0.1, 0.15) is 25.3 Å². The minimum absolute atomic E-state index is 0.0775. The smallest absolute Gasteiger partial charge is 0.236 e. The number of rotatable bonds is 4. The van der Waals surface area contributed by atoms with Crippen molar-refractivity contribution in [1.82, 2.24) is 5.32 Å². The number of carbonyl (C=O) groups is 1. The van der Waals surface area contributed by atoms with Crippen LogP contribution in [0.25, 0.3) is 0 Å². The van der Waals surface area contributed by atoms with E-state index in [0.717, 1.165) is 17.3 Å². The van der Waals surface area contributed by atoms with Crippen molar-refractivity contribution in [3.05, 3.63) is 34.3 Å². The second kappa shape index (κ2) is 4.78. The predicted octanol–water partition coefficient (Wildman–Crippen LogP) is 1.94. The molecule has 0 unspecified atom stereocenters. The average molecular weight is 297 g/mol. The zero-order chi connectivity index (χ0) is 12.5. The van der Waals surface area contributed by atoms with Crippen LogP contribution < -0.4 is 11.1 Å². The lowest BCUT2D eigenvalue weighted by atomic mass is 9.96. The summed E-state index contributed by atoms with van der Waals surface area (Å²) in [5, 5.41) is 2.92. The van der Waals surface area contributed by atoms with Gasteiger partial charge in [0.05, 0.1) is 6.04 Å². The number of carbonyl (C=O) groups excluding carboxylic acids is 1. The summed E-state index contributed by atoms with van der Waals surface area (Å²) in [6.45, 7) is 2.39. The first-order chi connectivity index (χ1) is 8.03. The van der Waals surface area contributed by atoms with Gasteiger partial charge in [-0.25, -0.2) is 0 Å². The molecule has 3 N–H and O–H groups in total. The van der Waals surface area contributed by atoms with Crippen molar-refractivity contribution in [2.75, 3.05) is 6.54 Å². The molecule has 1 aromatic carbocycles. The number of hydrogen-bond donors (Lipinski definition) is 2. The van der Waals surface area contributed by atoms with Gasteiger partial charge >= 0.3 is 0 Å². The third kappa shape index (κ3) is 2.87. The van der Waals surface area contributed by atoms with Crippen molar-refractivity contribution >= 4 is 21.8 Å². The lowest BCUT2D eigenvalue weighted by Gasteiger charge is -2.17. The van der Waals surface area contributed by atoms with E-state index in [-0.39, 0.29) is 11.3 Å². The summed E-state index contributed by atoms with van der Waals surface area (Å²) in [4.78, 5) is 11.5. The number of nitrogens with two attached hydrogens (primary N) is 1. The van der Waals surface area contributed by atoms with Crippen molar-refractivity contribution < 1.29 is 4.79 Å². The maximum absolute atomic E-state index is 11.5. The Balaban J connectivity index is 2.03. The van der Waals surface area contributed by atoms with E-state index < -0.39 is 6.04 Å². The Morgan fingerprint density at radius 3 is 2.82 bits per heavy atom. The van der Waals surface area contributed by atoms with E-state index in [1.165, 1.54) is 5.56 Å². The summed E-state index contributed by atoms with van der Waals surface area (Å²) in [6.07, 6.45) is 2.26. The second-order valence-electron chi connectivity index (χ2n) is 4.80. The molecule has 3 nitrogen and oxygen atoms in total. The summed E-state index contributed by atoms with van der Waals surface area (Å²) in [7, 11) is 0. The van der Waals surface area contributed by atoms with Crippen LogP contribution in [0.4, 0.5) is 0 Å². The van der Waals surface area contributed by atoms with E-state index in [0.29, 0.717) is 6.54 Å². The summed E-state index contributed by atoms with van der Waals surface area (Å²) >= 11 is 3.48. The van der Waals surface area contributed by atoms with Gasteiger partial charge in [-0.1, -0.05) is 28.1 Å². The number of hydrogen-bond acceptors (Lipinski definition) is 2. The van der Waals surface area contributed by atoms with Crippen LogP contribution in [0.3, 0.4) is 0 Å². The van der Waals surface area contributed by atoms with Crippen LogP contribution in [-0.4, -0.2) is 18.5 Å². The maximum atomic E-state index is 11.5.